The molecule has 0 bridgehead atoms. The molecule has 1 fully saturated rings. The Morgan fingerprint density at radius 1 is 0.519 bits per heavy atom. The van der Waals surface area contributed by atoms with Gasteiger partial charge in [-0.1, -0.05) is 50.6 Å². The second-order valence-corrected chi connectivity index (χ2v) is 26.0. The van der Waals surface area contributed by atoms with Crippen LogP contribution in [0.1, 0.15) is 116 Å². The average Bonchev–Trinajstić information content (AvgIpc) is 1.61. The van der Waals surface area contributed by atoms with E-state index in [-0.39, 0.29) is 56.7 Å². The van der Waals surface area contributed by atoms with Gasteiger partial charge >= 0.3 is 23.9 Å². The van der Waals surface area contributed by atoms with Crippen molar-refractivity contribution in [2.75, 3.05) is 37.7 Å². The number of primary amides is 2. The van der Waals surface area contributed by atoms with E-state index < -0.39 is 268 Å². The summed E-state index contributed by atoms with van der Waals surface area (Å²) in [6.45, 7) is 2.65. The largest absolute Gasteiger partial charge is 0.481 e. The summed E-state index contributed by atoms with van der Waals surface area (Å²) < 4.78 is 0. The SMILES string of the molecule is CC[C@H](C)[C@H](NC(=O)[C@H](Cc1ccccc1)NC(=O)[C@H](CCC(N)=O)NC(=O)[C@H](CCC(=O)O)NC(=O)[C@H](CC(=O)O)NC(=O)[C@H](CCC(N)=O)NC(=O)[C@H](CC(=O)O)NC(=O)[C@H](CO)NC(=O)[C@@H](NC(=O)[C@@H](N)CS)[C@@H](C)O)C(=O)N1CCC[C@H]1C(=O)N[C@@H](CCCCN)C(=O)NCC(=O)N[C@@H](CS)C(=O)O. The van der Waals surface area contributed by atoms with E-state index in [0.717, 1.165) is 6.92 Å². The quantitative estimate of drug-likeness (QED) is 0.0213. The molecule has 2 rings (SSSR count). The molecule has 44 heteroatoms. The number of aliphatic carboxylic acids is 4. The van der Waals surface area contributed by atoms with Crippen LogP contribution in [0.15, 0.2) is 30.3 Å². The first-order valence-electron chi connectivity index (χ1n) is 34.2. The van der Waals surface area contributed by atoms with Crippen LogP contribution in [-0.4, -0.2) is 270 Å². The van der Waals surface area contributed by atoms with Gasteiger partial charge in [0.1, 0.15) is 72.5 Å². The fraction of sp³-hybridized carbons (Fsp3) is 0.609. The average molecular weight is 1570 g/mol. The van der Waals surface area contributed by atoms with Crippen molar-refractivity contribution < 1.29 is 122 Å². The number of carboxylic acids is 4. The standard InChI is InChI=1S/C64H99N17O25S2/c1-4-30(2)50(63(104)81-22-10-14-43(81)61(102)74-34(13-8-9-21-65)53(94)69-26-46(86)70-42(29-108)64(105)106)79-59(100)38(23-32-11-6-5-7-12-32)75-55(96)35(15-18-44(67)84)71-54(95)37(17-20-47(87)88)73-57(98)39(24-48(89)90)76-56(97)36(16-19-45(68)85)72-58(99)40(25-49(91)92)77-60(101)41(27-82)78-62(103)51(31(3)83)80-52(93)33(66)28-107/h5-7,11-12,30-31,33-43,50-51,82-83,107-108H,4,8-10,13-29,65-66H2,1-3H3,(H2,67,84)(H2,68,85)(H,69,94)(H,70,86)(H,71,95)(H,72,99)(H,73,98)(H,74,102)(H,75,96)(H,76,97)(H,77,101)(H,78,103)(H,79,100)(H,80,93)(H,87,88)(H,89,90)(H,91,92)(H,105,106)/t30-,31+,33-,34-,35-,36-,37-,38-,39-,40-,41-,42-,43-,50-,51-/m0/s1. The molecular weight excluding hydrogens is 1470 g/mol. The summed E-state index contributed by atoms with van der Waals surface area (Å²) in [7, 11) is 0. The van der Waals surface area contributed by atoms with Crippen LogP contribution >= 0.6 is 25.3 Å². The molecule has 108 heavy (non-hydrogen) atoms. The lowest BCUT2D eigenvalue weighted by molar-refractivity contribution is -0.143. The fourth-order valence-corrected chi connectivity index (χ4v) is 10.9. The van der Waals surface area contributed by atoms with E-state index in [2.05, 4.69) is 67.8 Å². The number of carbonyl (C=O) groups is 19. The number of benzene rings is 1. The van der Waals surface area contributed by atoms with E-state index in [1.807, 2.05) is 21.3 Å². The van der Waals surface area contributed by atoms with Crippen LogP contribution in [0.3, 0.4) is 0 Å². The third-order valence-electron chi connectivity index (χ3n) is 16.7. The molecule has 26 N–H and O–H groups in total. The van der Waals surface area contributed by atoms with Gasteiger partial charge in [0.15, 0.2) is 0 Å². The van der Waals surface area contributed by atoms with E-state index in [9.17, 15) is 122 Å². The highest BCUT2D eigenvalue weighted by molar-refractivity contribution is 7.80. The minimum Gasteiger partial charge on any atom is -0.481 e. The molecule has 42 nitrogen and oxygen atoms in total. The number of aliphatic hydroxyl groups is 2. The van der Waals surface area contributed by atoms with Gasteiger partial charge < -0.3 is 122 Å². The van der Waals surface area contributed by atoms with Gasteiger partial charge in [0.2, 0.25) is 88.6 Å². The number of nitrogens with zero attached hydrogens (tertiary/aromatic N) is 1. The first kappa shape index (κ1) is 93.8. The van der Waals surface area contributed by atoms with Gasteiger partial charge in [0.05, 0.1) is 38.1 Å². The van der Waals surface area contributed by atoms with Crippen molar-refractivity contribution in [2.24, 2.45) is 28.9 Å². The zero-order chi connectivity index (χ0) is 81.7. The third kappa shape index (κ3) is 33.2. The van der Waals surface area contributed by atoms with Crippen LogP contribution in [0.4, 0.5) is 0 Å². The molecule has 0 aliphatic carbocycles. The maximum absolute atomic E-state index is 14.8. The van der Waals surface area contributed by atoms with Crippen molar-refractivity contribution in [1.29, 1.82) is 0 Å². The highest BCUT2D eigenvalue weighted by Gasteiger charge is 2.43. The van der Waals surface area contributed by atoms with Gasteiger partial charge in [-0.25, -0.2) is 4.79 Å². The lowest BCUT2D eigenvalue weighted by atomic mass is 9.96. The van der Waals surface area contributed by atoms with Crippen LogP contribution in [0.2, 0.25) is 0 Å². The normalized spacial score (nSPS) is 16.3. The monoisotopic (exact) mass is 1570 g/mol. The summed E-state index contributed by atoms with van der Waals surface area (Å²) in [4.78, 5) is 253. The minimum absolute atomic E-state index is 0.00951. The number of rotatable bonds is 51. The van der Waals surface area contributed by atoms with Crippen LogP contribution < -0.4 is 86.7 Å². The lowest BCUT2D eigenvalue weighted by Gasteiger charge is -2.33. The molecule has 1 aliphatic heterocycles. The van der Waals surface area contributed by atoms with Gasteiger partial charge in [0.25, 0.3) is 0 Å². The smallest absolute Gasteiger partial charge is 0.327 e. The van der Waals surface area contributed by atoms with E-state index in [1.54, 1.807) is 44.2 Å². The number of nitrogens with two attached hydrogens (primary N) is 4. The highest BCUT2D eigenvalue weighted by Crippen LogP contribution is 2.23. The Hall–Kier alpha value is -10.3. The number of unbranched alkanes of at least 4 members (excludes halogenated alkanes) is 1. The number of likely N-dealkylation sites (tertiary alicyclic amines) is 1. The van der Waals surface area contributed by atoms with E-state index >= 15 is 0 Å². The molecule has 602 valence electrons. The van der Waals surface area contributed by atoms with Gasteiger partial charge in [-0.3, -0.25) is 86.3 Å². The molecule has 0 saturated carbocycles. The number of carbonyl (C=O) groups excluding carboxylic acids is 15. The van der Waals surface area contributed by atoms with Gasteiger partial charge in [-0.05, 0) is 76.3 Å². The Bertz CT molecular complexity index is 3360. The third-order valence-corrected chi connectivity index (χ3v) is 17.4. The number of amides is 15. The predicted molar refractivity (Wildman–Crippen MR) is 382 cm³/mol. The maximum atomic E-state index is 14.8. The van der Waals surface area contributed by atoms with Crippen LogP contribution in [0, 0.1) is 5.92 Å². The second kappa shape index (κ2) is 48.1. The predicted octanol–water partition coefficient (Wildman–Crippen LogP) is -9.17. The van der Waals surface area contributed by atoms with Crippen LogP contribution in [0.25, 0.3) is 0 Å². The van der Waals surface area contributed by atoms with Crippen molar-refractivity contribution in [1.82, 2.24) is 68.7 Å². The molecule has 0 radical (unpaired) electrons. The summed E-state index contributed by atoms with van der Waals surface area (Å²) in [5.41, 5.74) is 22.5. The Morgan fingerprint density at radius 3 is 1.42 bits per heavy atom. The Morgan fingerprint density at radius 2 is 0.972 bits per heavy atom. The van der Waals surface area contributed by atoms with Gasteiger partial charge in [0, 0.05) is 43.7 Å². The minimum atomic E-state index is -2.31. The van der Waals surface area contributed by atoms with Gasteiger partial charge in [-0.15, -0.1) is 0 Å². The molecule has 15 atom stereocenters. The van der Waals surface area contributed by atoms with Crippen LogP contribution in [-0.2, 0) is 97.5 Å². The lowest BCUT2D eigenvalue weighted by Crippen LogP contribution is -2.62. The number of hydrogen-bond acceptors (Lipinski definition) is 25. The molecule has 1 heterocycles. The highest BCUT2D eigenvalue weighted by atomic mass is 32.1. The molecule has 1 saturated heterocycles. The topological polar surface area (TPSA) is 697 Å². The second-order valence-electron chi connectivity index (χ2n) is 25.2. The summed E-state index contributed by atoms with van der Waals surface area (Å²) in [6, 6.07) is -14.7. The number of carboxylic acid groups (broad SMARTS) is 4. The van der Waals surface area contributed by atoms with E-state index in [1.165, 1.54) is 4.90 Å². The first-order chi connectivity index (χ1) is 50.8. The number of hydrogen-bond donors (Lipinski definition) is 24. The molecule has 1 aliphatic rings. The molecule has 15 amide bonds. The molecule has 1 aromatic carbocycles. The maximum Gasteiger partial charge on any atom is 0.327 e. The van der Waals surface area contributed by atoms with Crippen LogP contribution in [0.5, 0.6) is 0 Å². The zero-order valence-electron chi connectivity index (χ0n) is 59.5. The van der Waals surface area contributed by atoms with Gasteiger partial charge in [-0.2, -0.15) is 25.3 Å². The first-order valence-corrected chi connectivity index (χ1v) is 35.5. The summed E-state index contributed by atoms with van der Waals surface area (Å²) in [5.74, 6) is -25.1. The van der Waals surface area contributed by atoms with Crippen molar-refractivity contribution in [3.05, 3.63) is 35.9 Å². The van der Waals surface area contributed by atoms with Crippen molar-refractivity contribution in [3.8, 4) is 0 Å². The number of nitrogens with one attached hydrogen (secondary N) is 12. The summed E-state index contributed by atoms with van der Waals surface area (Å²) in [5, 5.41) is 85.9. The van der Waals surface area contributed by atoms with Crippen molar-refractivity contribution in [2.45, 2.75) is 202 Å². The van der Waals surface area contributed by atoms with Crippen molar-refractivity contribution >= 4 is 138 Å². The van der Waals surface area contributed by atoms with Crippen molar-refractivity contribution in [3.63, 3.8) is 0 Å². The summed E-state index contributed by atoms with van der Waals surface area (Å²) >= 11 is 7.78. The Labute approximate surface area is 629 Å². The Balaban J connectivity index is 2.56. The Kier molecular flexibility index (Phi) is 41.8. The molecular formula is C64H99N17O25S2. The molecule has 0 spiro atoms. The fourth-order valence-electron chi connectivity index (χ4n) is 10.5. The molecule has 0 aromatic heterocycles. The zero-order valence-corrected chi connectivity index (χ0v) is 61.3. The molecule has 0 unspecified atom stereocenters. The number of aliphatic hydroxyl groups excluding tert-OH is 2. The number of thiol groups is 2. The summed E-state index contributed by atoms with van der Waals surface area (Å²) in [6.07, 6.45) is -7.93. The van der Waals surface area contributed by atoms with E-state index in [0.29, 0.717) is 18.4 Å². The van der Waals surface area contributed by atoms with E-state index in [4.69, 9.17) is 22.9 Å². The molecule has 1 aromatic rings.